The van der Waals surface area contributed by atoms with E-state index in [4.69, 9.17) is 16.7 Å². The van der Waals surface area contributed by atoms with Gasteiger partial charge in [0.05, 0.1) is 17.2 Å². The molecule has 2 N–H and O–H groups in total. The largest absolute Gasteiger partial charge is 0.395 e. The zero-order valence-corrected chi connectivity index (χ0v) is 12.2. The molecule has 104 valence electrons. The van der Waals surface area contributed by atoms with Crippen LogP contribution >= 0.6 is 11.6 Å². The Balaban J connectivity index is 2.50. The van der Waals surface area contributed by atoms with E-state index in [-0.39, 0.29) is 12.1 Å². The lowest BCUT2D eigenvalue weighted by Gasteiger charge is -2.24. The number of hydrogen-bond donors (Lipinski definition) is 2. The number of halogens is 1. The third-order valence-electron chi connectivity index (χ3n) is 2.62. The Kier molecular flexibility index (Phi) is 3.96. The van der Waals surface area contributed by atoms with Crippen LogP contribution in [0.25, 0.3) is 6.20 Å². The van der Waals surface area contributed by atoms with Gasteiger partial charge in [-0.2, -0.15) is 0 Å². The first-order valence-corrected chi connectivity index (χ1v) is 6.63. The van der Waals surface area contributed by atoms with Gasteiger partial charge < -0.3 is 15.3 Å². The SMILES string of the molecule is CC(C)(C)Nc1nc(Cl)cc2c1=CN(CCO)CN=2. The van der Waals surface area contributed by atoms with Crippen molar-refractivity contribution in [2.45, 2.75) is 26.3 Å². The molecule has 0 saturated carbocycles. The predicted molar refractivity (Wildman–Crippen MR) is 76.5 cm³/mol. The maximum absolute atomic E-state index is 9.01. The molecule has 1 aliphatic heterocycles. The fraction of sp³-hybridized carbons (Fsp3) is 0.538. The van der Waals surface area contributed by atoms with Gasteiger partial charge in [0.25, 0.3) is 0 Å². The molecule has 19 heavy (non-hydrogen) atoms. The number of nitrogens with one attached hydrogen (secondary N) is 1. The van der Waals surface area contributed by atoms with Crippen molar-refractivity contribution < 1.29 is 5.11 Å². The van der Waals surface area contributed by atoms with Crippen molar-refractivity contribution in [3.05, 3.63) is 21.8 Å². The Morgan fingerprint density at radius 2 is 2.21 bits per heavy atom. The Hall–Kier alpha value is -1.33. The van der Waals surface area contributed by atoms with Crippen molar-refractivity contribution in [3.8, 4) is 0 Å². The van der Waals surface area contributed by atoms with E-state index in [1.54, 1.807) is 6.07 Å². The quantitative estimate of drug-likeness (QED) is 0.796. The second kappa shape index (κ2) is 5.35. The highest BCUT2D eigenvalue weighted by Crippen LogP contribution is 2.10. The Morgan fingerprint density at radius 3 is 2.84 bits per heavy atom. The van der Waals surface area contributed by atoms with Crippen LogP contribution < -0.4 is 15.9 Å². The number of anilines is 1. The molecular formula is C13H19ClN4O. The topological polar surface area (TPSA) is 60.8 Å². The van der Waals surface area contributed by atoms with Crippen LogP contribution in [-0.2, 0) is 0 Å². The van der Waals surface area contributed by atoms with E-state index in [1.807, 2.05) is 11.1 Å². The second-order valence-corrected chi connectivity index (χ2v) is 5.95. The smallest absolute Gasteiger partial charge is 0.139 e. The van der Waals surface area contributed by atoms with Crippen LogP contribution in [0.3, 0.4) is 0 Å². The standard InChI is InChI=1S/C13H19ClN4O/c1-13(2,3)17-12-9-7-18(4-5-19)8-15-10(9)6-11(14)16-12/h6-7,19H,4-5,8H2,1-3H3,(H,16,17). The van der Waals surface area contributed by atoms with Crippen LogP contribution in [0.2, 0.25) is 5.15 Å². The zero-order chi connectivity index (χ0) is 14.0. The molecule has 5 nitrogen and oxygen atoms in total. The van der Waals surface area contributed by atoms with Crippen LogP contribution in [-0.4, -0.2) is 40.3 Å². The molecule has 2 heterocycles. The molecule has 6 heteroatoms. The average molecular weight is 283 g/mol. The number of pyridine rings is 1. The number of β-amino-alcohol motifs (C(OH)–C–C–N with tert-alkyl or cyclic N) is 1. The van der Waals surface area contributed by atoms with Gasteiger partial charge in [0.15, 0.2) is 0 Å². The molecule has 1 aromatic rings. The number of hydrogen-bond acceptors (Lipinski definition) is 5. The van der Waals surface area contributed by atoms with E-state index >= 15 is 0 Å². The lowest BCUT2D eigenvalue weighted by molar-refractivity contribution is 0.247. The molecule has 0 fully saturated rings. The number of aliphatic hydroxyl groups excluding tert-OH is 1. The first-order chi connectivity index (χ1) is 8.89. The number of fused-ring (bicyclic) bond motifs is 1. The van der Waals surface area contributed by atoms with E-state index < -0.39 is 0 Å². The molecule has 0 aliphatic carbocycles. The molecule has 1 aromatic heterocycles. The first-order valence-electron chi connectivity index (χ1n) is 6.25. The number of nitrogens with zero attached hydrogens (tertiary/aromatic N) is 3. The Labute approximate surface area is 117 Å². The van der Waals surface area contributed by atoms with Crippen LogP contribution in [0.5, 0.6) is 0 Å². The molecule has 0 saturated heterocycles. The maximum atomic E-state index is 9.01. The lowest BCUT2D eigenvalue weighted by Crippen LogP contribution is -2.41. The average Bonchev–Trinajstić information content (AvgIpc) is 2.28. The minimum atomic E-state index is -0.113. The fourth-order valence-electron chi connectivity index (χ4n) is 1.87. The summed E-state index contributed by atoms with van der Waals surface area (Å²) in [6, 6.07) is 1.76. The van der Waals surface area contributed by atoms with Gasteiger partial charge in [0, 0.05) is 24.4 Å². The predicted octanol–water partition coefficient (Wildman–Crippen LogP) is 0.568. The molecule has 0 radical (unpaired) electrons. The number of aromatic nitrogens is 1. The molecule has 0 aromatic carbocycles. The third-order valence-corrected chi connectivity index (χ3v) is 2.81. The fourth-order valence-corrected chi connectivity index (χ4v) is 2.06. The van der Waals surface area contributed by atoms with Gasteiger partial charge in [-0.15, -0.1) is 0 Å². The Bertz CT molecular complexity index is 580. The van der Waals surface area contributed by atoms with Crippen molar-refractivity contribution in [2.24, 2.45) is 4.99 Å². The molecule has 0 spiro atoms. The number of aliphatic hydroxyl groups is 1. The molecule has 0 unspecified atom stereocenters. The van der Waals surface area contributed by atoms with Gasteiger partial charge in [0.1, 0.15) is 17.6 Å². The van der Waals surface area contributed by atoms with E-state index in [9.17, 15) is 0 Å². The van der Waals surface area contributed by atoms with E-state index in [0.717, 1.165) is 16.4 Å². The van der Waals surface area contributed by atoms with Crippen LogP contribution in [0.15, 0.2) is 11.1 Å². The molecule has 0 bridgehead atoms. The van der Waals surface area contributed by atoms with E-state index in [0.29, 0.717) is 18.4 Å². The monoisotopic (exact) mass is 282 g/mol. The van der Waals surface area contributed by atoms with Gasteiger partial charge >= 0.3 is 0 Å². The summed E-state index contributed by atoms with van der Waals surface area (Å²) in [5.74, 6) is 0.724. The summed E-state index contributed by atoms with van der Waals surface area (Å²) in [6.07, 6.45) is 1.97. The van der Waals surface area contributed by atoms with Gasteiger partial charge in [-0.1, -0.05) is 11.6 Å². The molecule has 1 aliphatic rings. The van der Waals surface area contributed by atoms with Gasteiger partial charge in [-0.05, 0) is 20.8 Å². The molecule has 0 atom stereocenters. The van der Waals surface area contributed by atoms with Crippen molar-refractivity contribution in [1.29, 1.82) is 0 Å². The van der Waals surface area contributed by atoms with Gasteiger partial charge in [-0.3, -0.25) is 4.99 Å². The maximum Gasteiger partial charge on any atom is 0.139 e. The van der Waals surface area contributed by atoms with Crippen LogP contribution in [0.4, 0.5) is 5.82 Å². The van der Waals surface area contributed by atoms with E-state index in [1.165, 1.54) is 0 Å². The Morgan fingerprint density at radius 1 is 1.47 bits per heavy atom. The van der Waals surface area contributed by atoms with Gasteiger partial charge in [-0.25, -0.2) is 4.98 Å². The summed E-state index contributed by atoms with van der Waals surface area (Å²) in [4.78, 5) is 10.8. The summed E-state index contributed by atoms with van der Waals surface area (Å²) in [7, 11) is 0. The second-order valence-electron chi connectivity index (χ2n) is 5.57. The third kappa shape index (κ3) is 3.58. The summed E-state index contributed by atoms with van der Waals surface area (Å²) in [5.41, 5.74) is -0.113. The minimum absolute atomic E-state index is 0.102. The van der Waals surface area contributed by atoms with Crippen molar-refractivity contribution >= 4 is 23.6 Å². The highest BCUT2D eigenvalue weighted by molar-refractivity contribution is 6.29. The highest BCUT2D eigenvalue weighted by atomic mass is 35.5. The zero-order valence-electron chi connectivity index (χ0n) is 11.4. The lowest BCUT2D eigenvalue weighted by atomic mass is 10.1. The van der Waals surface area contributed by atoms with Gasteiger partial charge in [0.2, 0.25) is 0 Å². The van der Waals surface area contributed by atoms with Crippen LogP contribution in [0, 0.1) is 0 Å². The summed E-state index contributed by atoms with van der Waals surface area (Å²) < 4.78 is 0. The highest BCUT2D eigenvalue weighted by Gasteiger charge is 2.14. The van der Waals surface area contributed by atoms with Crippen LogP contribution in [0.1, 0.15) is 20.8 Å². The van der Waals surface area contributed by atoms with Crippen molar-refractivity contribution in [1.82, 2.24) is 9.88 Å². The van der Waals surface area contributed by atoms with E-state index in [2.05, 4.69) is 36.1 Å². The minimum Gasteiger partial charge on any atom is -0.395 e. The first kappa shape index (κ1) is 14.1. The molecule has 0 amide bonds. The molecular weight excluding hydrogens is 264 g/mol. The van der Waals surface area contributed by atoms with Crippen molar-refractivity contribution in [2.75, 3.05) is 25.1 Å². The van der Waals surface area contributed by atoms with Crippen molar-refractivity contribution in [3.63, 3.8) is 0 Å². The summed E-state index contributed by atoms with van der Waals surface area (Å²) in [6.45, 7) is 7.38. The normalized spacial score (nSPS) is 14.5. The molecule has 2 rings (SSSR count). The number of rotatable bonds is 3. The summed E-state index contributed by atoms with van der Waals surface area (Å²) >= 11 is 6.03. The summed E-state index contributed by atoms with van der Waals surface area (Å²) in [5, 5.41) is 14.5.